The largest absolute Gasteiger partial charge is 0.453 e. The molecule has 0 unspecified atom stereocenters. The number of nitrogens with one attached hydrogen (secondary N) is 2. The zero-order valence-electron chi connectivity index (χ0n) is 22.7. The first-order valence-electron chi connectivity index (χ1n) is 12.9. The van der Waals surface area contributed by atoms with Crippen molar-refractivity contribution in [3.8, 4) is 16.8 Å². The van der Waals surface area contributed by atoms with Crippen LogP contribution in [0.4, 0.5) is 14.9 Å². The smallest absolute Gasteiger partial charge is 0.411 e. The minimum Gasteiger partial charge on any atom is -0.453 e. The number of aromatic nitrogens is 6. The second kappa shape index (κ2) is 13.4. The third kappa shape index (κ3) is 7.43. The molecule has 0 bridgehead atoms. The topological polar surface area (TPSA) is 137 Å². The molecule has 2 heterocycles. The number of rotatable bonds is 9. The number of halogens is 2. The van der Waals surface area contributed by atoms with Crippen LogP contribution in [0.5, 0.6) is 0 Å². The van der Waals surface area contributed by atoms with Crippen LogP contribution < -0.4 is 10.6 Å². The van der Waals surface area contributed by atoms with E-state index in [2.05, 4.69) is 41.1 Å². The molecule has 0 radical (unpaired) electrons. The van der Waals surface area contributed by atoms with Crippen molar-refractivity contribution in [3.05, 3.63) is 119 Å². The van der Waals surface area contributed by atoms with E-state index in [9.17, 15) is 14.0 Å². The number of ether oxygens (including phenoxy) is 1. The van der Waals surface area contributed by atoms with Gasteiger partial charge in [-0.1, -0.05) is 48.0 Å². The first kappa shape index (κ1) is 29.0. The number of nitrogens with zero attached hydrogens (tertiary/aromatic N) is 6. The van der Waals surface area contributed by atoms with Crippen molar-refractivity contribution in [1.82, 2.24) is 35.7 Å². The van der Waals surface area contributed by atoms with Gasteiger partial charge in [0.05, 0.1) is 36.4 Å². The van der Waals surface area contributed by atoms with Gasteiger partial charge in [0.15, 0.2) is 0 Å². The summed E-state index contributed by atoms with van der Waals surface area (Å²) in [5.74, 6) is -1.04. The SMILES string of the molecule is COC(=O)Nc1ccc(-c2cnnc([C@H](Cc3ccccc3)NC(=O)/C=C/c3cc(Cl)ccc3-n3cnnn3)c2)cc1F. The van der Waals surface area contributed by atoms with Crippen molar-refractivity contribution < 1.29 is 18.7 Å². The molecule has 1 atom stereocenters. The van der Waals surface area contributed by atoms with Gasteiger partial charge in [-0.15, -0.1) is 5.10 Å². The fourth-order valence-corrected chi connectivity index (χ4v) is 4.45. The lowest BCUT2D eigenvalue weighted by atomic mass is 10.00. The van der Waals surface area contributed by atoms with Crippen molar-refractivity contribution in [2.24, 2.45) is 0 Å². The lowest BCUT2D eigenvalue weighted by Crippen LogP contribution is -2.29. The Labute approximate surface area is 250 Å². The molecule has 0 fully saturated rings. The zero-order valence-corrected chi connectivity index (χ0v) is 23.4. The molecule has 2 N–H and O–H groups in total. The second-order valence-corrected chi connectivity index (χ2v) is 9.66. The van der Waals surface area contributed by atoms with E-state index in [4.69, 9.17) is 11.6 Å². The van der Waals surface area contributed by atoms with Gasteiger partial charge in [0.25, 0.3) is 0 Å². The number of benzene rings is 3. The van der Waals surface area contributed by atoms with Crippen LogP contribution in [0.15, 0.2) is 91.4 Å². The minimum absolute atomic E-state index is 0.0261. The Kier molecular flexibility index (Phi) is 9.08. The highest BCUT2D eigenvalue weighted by Gasteiger charge is 2.18. The zero-order chi connectivity index (χ0) is 30.2. The Balaban J connectivity index is 1.41. The average Bonchev–Trinajstić information content (AvgIpc) is 3.56. The molecule has 43 heavy (non-hydrogen) atoms. The van der Waals surface area contributed by atoms with E-state index in [0.717, 1.165) is 5.56 Å². The number of carbonyl (C=O) groups excluding carboxylic acids is 2. The normalized spacial score (nSPS) is 11.7. The van der Waals surface area contributed by atoms with E-state index in [-0.39, 0.29) is 11.6 Å². The Morgan fingerprint density at radius 3 is 2.63 bits per heavy atom. The molecule has 5 rings (SSSR count). The second-order valence-electron chi connectivity index (χ2n) is 9.22. The Morgan fingerprint density at radius 2 is 1.88 bits per heavy atom. The summed E-state index contributed by atoms with van der Waals surface area (Å²) in [5, 5.41) is 25.5. The van der Waals surface area contributed by atoms with E-state index in [1.165, 1.54) is 42.5 Å². The quantitative estimate of drug-likeness (QED) is 0.221. The van der Waals surface area contributed by atoms with E-state index < -0.39 is 18.0 Å². The number of carbonyl (C=O) groups is 2. The van der Waals surface area contributed by atoms with Crippen LogP contribution in [0.2, 0.25) is 5.02 Å². The Hall–Kier alpha value is -5.49. The van der Waals surface area contributed by atoms with Crippen LogP contribution in [0, 0.1) is 5.82 Å². The maximum absolute atomic E-state index is 14.7. The number of amides is 2. The molecule has 2 amide bonds. The summed E-state index contributed by atoms with van der Waals surface area (Å²) in [4.78, 5) is 24.7. The number of anilines is 1. The van der Waals surface area contributed by atoms with Crippen molar-refractivity contribution in [2.75, 3.05) is 12.4 Å². The molecule has 0 aliphatic carbocycles. The maximum atomic E-state index is 14.7. The highest BCUT2D eigenvalue weighted by molar-refractivity contribution is 6.30. The van der Waals surface area contributed by atoms with E-state index in [1.54, 1.807) is 36.4 Å². The number of hydrogen-bond acceptors (Lipinski definition) is 8. The Bertz CT molecular complexity index is 1770. The fraction of sp³-hybridized carbons (Fsp3) is 0.100. The van der Waals surface area contributed by atoms with Gasteiger partial charge in [-0.2, -0.15) is 14.9 Å². The van der Waals surface area contributed by atoms with Crippen LogP contribution in [-0.2, 0) is 16.0 Å². The molecule has 3 aromatic carbocycles. The predicted octanol–water partition coefficient (Wildman–Crippen LogP) is 5.20. The molecule has 0 spiro atoms. The van der Waals surface area contributed by atoms with Crippen LogP contribution in [0.1, 0.15) is 22.9 Å². The van der Waals surface area contributed by atoms with Gasteiger partial charge in [0, 0.05) is 22.2 Å². The molecule has 5 aromatic rings. The van der Waals surface area contributed by atoms with E-state index in [0.29, 0.717) is 39.5 Å². The lowest BCUT2D eigenvalue weighted by molar-refractivity contribution is -0.117. The third-order valence-corrected chi connectivity index (χ3v) is 6.59. The molecule has 0 aliphatic rings. The first-order chi connectivity index (χ1) is 20.9. The van der Waals surface area contributed by atoms with Crippen LogP contribution in [0.3, 0.4) is 0 Å². The van der Waals surface area contributed by atoms with Gasteiger partial charge in [-0.05, 0) is 70.4 Å². The van der Waals surface area contributed by atoms with Crippen molar-refractivity contribution in [2.45, 2.75) is 12.5 Å². The number of hydrogen-bond donors (Lipinski definition) is 2. The van der Waals surface area contributed by atoms with Crippen molar-refractivity contribution in [3.63, 3.8) is 0 Å². The van der Waals surface area contributed by atoms with Gasteiger partial charge in [-0.3, -0.25) is 10.1 Å². The number of tetrazole rings is 1. The molecule has 0 aliphatic heterocycles. The molecule has 13 heteroatoms. The van der Waals surface area contributed by atoms with Gasteiger partial charge < -0.3 is 10.1 Å². The van der Waals surface area contributed by atoms with Gasteiger partial charge >= 0.3 is 6.09 Å². The maximum Gasteiger partial charge on any atom is 0.411 e. The summed E-state index contributed by atoms with van der Waals surface area (Å²) >= 11 is 6.20. The fourth-order valence-electron chi connectivity index (χ4n) is 4.27. The first-order valence-corrected chi connectivity index (χ1v) is 13.3. The van der Waals surface area contributed by atoms with E-state index >= 15 is 0 Å². The van der Waals surface area contributed by atoms with Gasteiger partial charge in [0.1, 0.15) is 12.1 Å². The van der Waals surface area contributed by atoms with Crippen molar-refractivity contribution >= 4 is 35.4 Å². The van der Waals surface area contributed by atoms with Crippen molar-refractivity contribution in [1.29, 1.82) is 0 Å². The van der Waals surface area contributed by atoms with Crippen LogP contribution in [0.25, 0.3) is 22.9 Å². The van der Waals surface area contributed by atoms with Gasteiger partial charge in [-0.25, -0.2) is 9.18 Å². The molecule has 2 aromatic heterocycles. The monoisotopic (exact) mass is 598 g/mol. The summed E-state index contributed by atoms with van der Waals surface area (Å²) in [6.45, 7) is 0. The molecular formula is C30H24ClFN8O3. The highest BCUT2D eigenvalue weighted by atomic mass is 35.5. The molecule has 0 saturated carbocycles. The molecule has 216 valence electrons. The average molecular weight is 599 g/mol. The summed E-state index contributed by atoms with van der Waals surface area (Å²) in [5.41, 5.74) is 3.75. The highest BCUT2D eigenvalue weighted by Crippen LogP contribution is 2.27. The molecule has 0 saturated heterocycles. The summed E-state index contributed by atoms with van der Waals surface area (Å²) < 4.78 is 20.7. The standard InChI is InChI=1S/C30H24ClFN8O3/c1-43-30(42)36-25-10-7-20(15-24(25)32)22-16-27(37-33-17-22)26(13-19-5-3-2-4-6-19)35-29(41)12-8-21-14-23(31)9-11-28(21)40-18-34-38-39-40/h2-12,14-18,26H,13H2,1H3,(H,35,41)(H,36,42)/b12-8+/t26-/m0/s1. The summed E-state index contributed by atoms with van der Waals surface area (Å²) in [6, 6.07) is 20.2. The Morgan fingerprint density at radius 1 is 1.05 bits per heavy atom. The third-order valence-electron chi connectivity index (χ3n) is 6.35. The predicted molar refractivity (Wildman–Crippen MR) is 158 cm³/mol. The number of methoxy groups -OCH3 is 1. The summed E-state index contributed by atoms with van der Waals surface area (Å²) in [7, 11) is 1.19. The molecular weight excluding hydrogens is 575 g/mol. The lowest BCUT2D eigenvalue weighted by Gasteiger charge is -2.18. The minimum atomic E-state index is -0.782. The van der Waals surface area contributed by atoms with E-state index in [1.807, 2.05) is 30.3 Å². The summed E-state index contributed by atoms with van der Waals surface area (Å²) in [6.07, 6.45) is 5.57. The van der Waals surface area contributed by atoms with Gasteiger partial charge in [0.2, 0.25) is 5.91 Å². The molecule has 11 nitrogen and oxygen atoms in total. The van der Waals surface area contributed by atoms with Crippen LogP contribution >= 0.6 is 11.6 Å². The van der Waals surface area contributed by atoms with Crippen LogP contribution in [-0.4, -0.2) is 49.5 Å².